The zero-order valence-electron chi connectivity index (χ0n) is 10.6. The molecule has 6 nitrogen and oxygen atoms in total. The molecular formula is C14H10ClN3O3. The number of aliphatic hydroxyl groups is 1. The van der Waals surface area contributed by atoms with E-state index in [1.165, 1.54) is 16.7 Å². The standard InChI is InChI=1S/C14H10ClN3O3/c15-10-6-9(14(20)21)7-18-12(10)16-17-13(18)11(19)8-4-2-1-3-5-8/h1-7,11,19H,(H,20,21). The van der Waals surface area contributed by atoms with Crippen molar-refractivity contribution in [2.75, 3.05) is 0 Å². The van der Waals surface area contributed by atoms with E-state index >= 15 is 0 Å². The van der Waals surface area contributed by atoms with Gasteiger partial charge in [0.15, 0.2) is 11.5 Å². The first-order chi connectivity index (χ1) is 10.1. The Kier molecular flexibility index (Phi) is 3.32. The Labute approximate surface area is 124 Å². The van der Waals surface area contributed by atoms with E-state index < -0.39 is 12.1 Å². The summed E-state index contributed by atoms with van der Waals surface area (Å²) in [5, 5.41) is 27.4. The number of carboxylic acids is 1. The summed E-state index contributed by atoms with van der Waals surface area (Å²) in [7, 11) is 0. The third kappa shape index (κ3) is 2.35. The van der Waals surface area contributed by atoms with Gasteiger partial charge in [0.25, 0.3) is 0 Å². The molecule has 0 aliphatic rings. The molecule has 0 spiro atoms. The summed E-state index contributed by atoms with van der Waals surface area (Å²) >= 11 is 6.00. The summed E-state index contributed by atoms with van der Waals surface area (Å²) in [4.78, 5) is 11.1. The normalized spacial score (nSPS) is 12.5. The molecule has 7 heteroatoms. The van der Waals surface area contributed by atoms with E-state index in [2.05, 4.69) is 10.2 Å². The van der Waals surface area contributed by atoms with E-state index in [0.29, 0.717) is 11.2 Å². The number of aromatic nitrogens is 3. The molecule has 0 saturated heterocycles. The van der Waals surface area contributed by atoms with Crippen LogP contribution >= 0.6 is 11.6 Å². The summed E-state index contributed by atoms with van der Waals surface area (Å²) in [5.74, 6) is -0.908. The van der Waals surface area contributed by atoms with Crippen LogP contribution in [-0.4, -0.2) is 30.8 Å². The van der Waals surface area contributed by atoms with E-state index in [1.807, 2.05) is 6.07 Å². The van der Waals surface area contributed by atoms with Gasteiger partial charge in [-0.25, -0.2) is 4.79 Å². The molecule has 0 bridgehead atoms. The van der Waals surface area contributed by atoms with Crippen molar-refractivity contribution in [2.45, 2.75) is 6.10 Å². The van der Waals surface area contributed by atoms with Gasteiger partial charge in [-0.3, -0.25) is 4.40 Å². The van der Waals surface area contributed by atoms with Gasteiger partial charge < -0.3 is 10.2 Å². The average molecular weight is 304 g/mol. The van der Waals surface area contributed by atoms with Crippen molar-refractivity contribution in [1.82, 2.24) is 14.6 Å². The van der Waals surface area contributed by atoms with Crippen molar-refractivity contribution >= 4 is 23.2 Å². The highest BCUT2D eigenvalue weighted by Crippen LogP contribution is 2.24. The number of fused-ring (bicyclic) bond motifs is 1. The van der Waals surface area contributed by atoms with Crippen LogP contribution in [-0.2, 0) is 0 Å². The van der Waals surface area contributed by atoms with Crippen molar-refractivity contribution in [2.24, 2.45) is 0 Å². The Balaban J connectivity index is 2.17. The summed E-state index contributed by atoms with van der Waals surface area (Å²) in [6.07, 6.45) is 0.312. The maximum atomic E-state index is 11.1. The van der Waals surface area contributed by atoms with E-state index in [1.54, 1.807) is 24.3 Å². The van der Waals surface area contributed by atoms with Gasteiger partial charge >= 0.3 is 5.97 Å². The molecule has 21 heavy (non-hydrogen) atoms. The number of carbonyl (C=O) groups is 1. The molecule has 0 fully saturated rings. The van der Waals surface area contributed by atoms with Crippen molar-refractivity contribution < 1.29 is 15.0 Å². The Hall–Kier alpha value is -2.44. The first-order valence-corrected chi connectivity index (χ1v) is 6.46. The molecule has 0 amide bonds. The minimum Gasteiger partial charge on any atom is -0.478 e. The number of carboxylic acid groups (broad SMARTS) is 1. The zero-order chi connectivity index (χ0) is 15.0. The van der Waals surface area contributed by atoms with Gasteiger partial charge in [-0.2, -0.15) is 0 Å². The summed E-state index contributed by atoms with van der Waals surface area (Å²) in [5.41, 5.74) is 0.920. The number of hydrogen-bond donors (Lipinski definition) is 2. The van der Waals surface area contributed by atoms with Crippen molar-refractivity contribution in [3.8, 4) is 0 Å². The van der Waals surface area contributed by atoms with Gasteiger partial charge in [0.05, 0.1) is 10.6 Å². The molecule has 0 saturated carbocycles. The molecule has 0 radical (unpaired) electrons. The second-order valence-corrected chi connectivity index (χ2v) is 4.85. The lowest BCUT2D eigenvalue weighted by molar-refractivity contribution is 0.0696. The van der Waals surface area contributed by atoms with Crippen LogP contribution < -0.4 is 0 Å². The molecule has 2 N–H and O–H groups in total. The fraction of sp³-hybridized carbons (Fsp3) is 0.0714. The molecule has 2 heterocycles. The Bertz CT molecular complexity index is 817. The highest BCUT2D eigenvalue weighted by molar-refractivity contribution is 6.33. The molecule has 3 rings (SSSR count). The molecule has 1 unspecified atom stereocenters. The Morgan fingerprint density at radius 3 is 2.62 bits per heavy atom. The van der Waals surface area contributed by atoms with Crippen LogP contribution in [0.4, 0.5) is 0 Å². The van der Waals surface area contributed by atoms with E-state index in [9.17, 15) is 9.90 Å². The number of rotatable bonds is 3. The van der Waals surface area contributed by atoms with Gasteiger partial charge in [0.1, 0.15) is 6.10 Å². The lowest BCUT2D eigenvalue weighted by Crippen LogP contribution is -2.07. The minimum atomic E-state index is -1.12. The first kappa shape index (κ1) is 13.5. The quantitative estimate of drug-likeness (QED) is 0.774. The third-order valence-corrected chi connectivity index (χ3v) is 3.37. The molecular weight excluding hydrogens is 294 g/mol. The summed E-state index contributed by atoms with van der Waals surface area (Å²) in [6, 6.07) is 10.2. The number of aromatic carboxylic acids is 1. The van der Waals surface area contributed by atoms with E-state index in [-0.39, 0.29) is 16.4 Å². The smallest absolute Gasteiger partial charge is 0.337 e. The van der Waals surface area contributed by atoms with Crippen LogP contribution in [0.1, 0.15) is 27.8 Å². The predicted molar refractivity (Wildman–Crippen MR) is 75.5 cm³/mol. The number of hydrogen-bond acceptors (Lipinski definition) is 4. The monoisotopic (exact) mass is 303 g/mol. The van der Waals surface area contributed by atoms with Gasteiger partial charge in [0, 0.05) is 6.20 Å². The molecule has 0 aliphatic heterocycles. The largest absolute Gasteiger partial charge is 0.478 e. The number of halogens is 1. The lowest BCUT2D eigenvalue weighted by atomic mass is 10.1. The Morgan fingerprint density at radius 2 is 1.95 bits per heavy atom. The van der Waals surface area contributed by atoms with Crippen LogP contribution in [0.15, 0.2) is 42.6 Å². The summed E-state index contributed by atoms with van der Waals surface area (Å²) < 4.78 is 1.39. The number of aliphatic hydroxyl groups excluding tert-OH is 1. The van der Waals surface area contributed by atoms with E-state index in [0.717, 1.165) is 0 Å². The van der Waals surface area contributed by atoms with Crippen molar-refractivity contribution in [3.63, 3.8) is 0 Å². The van der Waals surface area contributed by atoms with Gasteiger partial charge in [0.2, 0.25) is 0 Å². The fourth-order valence-electron chi connectivity index (χ4n) is 2.06. The molecule has 106 valence electrons. The van der Waals surface area contributed by atoms with E-state index in [4.69, 9.17) is 16.7 Å². The zero-order valence-corrected chi connectivity index (χ0v) is 11.4. The molecule has 0 aliphatic carbocycles. The van der Waals surface area contributed by atoms with Crippen molar-refractivity contribution in [3.05, 3.63) is 64.6 Å². The number of pyridine rings is 1. The van der Waals surface area contributed by atoms with Crippen LogP contribution in [0, 0.1) is 0 Å². The SMILES string of the molecule is O=C(O)c1cc(Cl)c2nnc(C(O)c3ccccc3)n2c1. The third-order valence-electron chi connectivity index (χ3n) is 3.09. The predicted octanol–water partition coefficient (Wildman–Crippen LogP) is 2.16. The molecule has 1 aromatic carbocycles. The fourth-order valence-corrected chi connectivity index (χ4v) is 2.31. The van der Waals surface area contributed by atoms with Gasteiger partial charge in [-0.15, -0.1) is 10.2 Å². The minimum absolute atomic E-state index is 0.00573. The maximum Gasteiger partial charge on any atom is 0.337 e. The lowest BCUT2D eigenvalue weighted by Gasteiger charge is -2.09. The molecule has 2 aromatic heterocycles. The molecule has 1 atom stereocenters. The Morgan fingerprint density at radius 1 is 1.24 bits per heavy atom. The average Bonchev–Trinajstić information content (AvgIpc) is 2.91. The number of nitrogens with zero attached hydrogens (tertiary/aromatic N) is 3. The van der Waals surface area contributed by atoms with Crippen LogP contribution in [0.3, 0.4) is 0 Å². The second kappa shape index (κ2) is 5.16. The number of benzene rings is 1. The summed E-state index contributed by atoms with van der Waals surface area (Å²) in [6.45, 7) is 0. The van der Waals surface area contributed by atoms with Crippen LogP contribution in [0.2, 0.25) is 5.02 Å². The maximum absolute atomic E-state index is 11.1. The second-order valence-electron chi connectivity index (χ2n) is 4.45. The highest BCUT2D eigenvalue weighted by Gasteiger charge is 2.20. The van der Waals surface area contributed by atoms with Crippen molar-refractivity contribution in [1.29, 1.82) is 0 Å². The first-order valence-electron chi connectivity index (χ1n) is 6.08. The highest BCUT2D eigenvalue weighted by atomic mass is 35.5. The molecule has 3 aromatic rings. The van der Waals surface area contributed by atoms with Gasteiger partial charge in [-0.1, -0.05) is 41.9 Å². The topological polar surface area (TPSA) is 87.7 Å². The van der Waals surface area contributed by atoms with Crippen LogP contribution in [0.5, 0.6) is 0 Å². The van der Waals surface area contributed by atoms with Crippen LogP contribution in [0.25, 0.3) is 5.65 Å². The van der Waals surface area contributed by atoms with Gasteiger partial charge in [-0.05, 0) is 11.6 Å².